The maximum Gasteiger partial charge on any atom is 0.259 e. The fourth-order valence-electron chi connectivity index (χ4n) is 4.46. The van der Waals surface area contributed by atoms with Gasteiger partial charge in [-0.1, -0.05) is 30.3 Å². The molecule has 0 aromatic heterocycles. The molecule has 1 heterocycles. The van der Waals surface area contributed by atoms with Gasteiger partial charge in [-0.15, -0.1) is 0 Å². The topological polar surface area (TPSA) is 113 Å². The summed E-state index contributed by atoms with van der Waals surface area (Å²) in [4.78, 5) is 41.0. The number of fused-ring (bicyclic) bond motifs is 3. The lowest BCUT2D eigenvalue weighted by molar-refractivity contribution is -0.133. The van der Waals surface area contributed by atoms with Crippen LogP contribution in [0.1, 0.15) is 30.9 Å². The van der Waals surface area contributed by atoms with E-state index in [1.165, 1.54) is 6.92 Å². The number of nitrogens with zero attached hydrogens (tertiary/aromatic N) is 1. The zero-order valence-corrected chi connectivity index (χ0v) is 19.7. The minimum Gasteiger partial charge on any atom is -0.398 e. The highest BCUT2D eigenvalue weighted by Gasteiger charge is 2.40. The standard InChI is InChI=1S/C27H25F2N3O4/c1-14-19-6-3-4-7-20(19)24-21(30)8-5-9-22(24)32(26(14)35)27(36)25(15(2)33)31-23(34)12-16-10-17(28)13-18(29)11-16/h3-11,13-15,25,33H,12,30H2,1-2H3,(H,31,34)/t14?,15-,25+/m1/s1. The van der Waals surface area contributed by atoms with Crippen molar-refractivity contribution in [3.05, 3.63) is 83.4 Å². The molecule has 4 N–H and O–H groups in total. The molecule has 3 aromatic rings. The highest BCUT2D eigenvalue weighted by atomic mass is 19.1. The number of aliphatic hydroxyl groups is 1. The number of imide groups is 1. The second-order valence-corrected chi connectivity index (χ2v) is 8.80. The Labute approximate surface area is 206 Å². The molecule has 3 amide bonds. The summed E-state index contributed by atoms with van der Waals surface area (Å²) >= 11 is 0. The Morgan fingerprint density at radius 2 is 1.75 bits per heavy atom. The van der Waals surface area contributed by atoms with Crippen molar-refractivity contribution in [3.63, 3.8) is 0 Å². The van der Waals surface area contributed by atoms with Crippen LogP contribution in [0.5, 0.6) is 0 Å². The number of nitrogens with one attached hydrogen (secondary N) is 1. The molecular weight excluding hydrogens is 468 g/mol. The lowest BCUT2D eigenvalue weighted by Crippen LogP contribution is -2.56. The third-order valence-electron chi connectivity index (χ3n) is 6.18. The Bertz CT molecular complexity index is 1340. The van der Waals surface area contributed by atoms with Crippen LogP contribution < -0.4 is 16.0 Å². The minimum atomic E-state index is -1.51. The van der Waals surface area contributed by atoms with E-state index in [0.717, 1.165) is 17.0 Å². The van der Waals surface area contributed by atoms with Crippen molar-refractivity contribution in [1.82, 2.24) is 5.32 Å². The van der Waals surface area contributed by atoms with E-state index in [4.69, 9.17) is 5.73 Å². The number of carbonyl (C=O) groups excluding carboxylic acids is 3. The molecule has 1 aliphatic heterocycles. The summed E-state index contributed by atoms with van der Waals surface area (Å²) in [6.07, 6.45) is -1.83. The number of nitrogen functional groups attached to an aromatic ring is 1. The van der Waals surface area contributed by atoms with Gasteiger partial charge in [0.15, 0.2) is 0 Å². The third kappa shape index (κ3) is 4.70. The molecule has 186 valence electrons. The molecular formula is C27H25F2N3O4. The normalized spacial score (nSPS) is 16.4. The van der Waals surface area contributed by atoms with Crippen LogP contribution >= 0.6 is 0 Å². The van der Waals surface area contributed by atoms with E-state index in [9.17, 15) is 28.3 Å². The highest BCUT2D eigenvalue weighted by Crippen LogP contribution is 2.44. The fraction of sp³-hybridized carbons (Fsp3) is 0.222. The van der Waals surface area contributed by atoms with Crippen molar-refractivity contribution >= 4 is 29.1 Å². The molecule has 0 radical (unpaired) electrons. The van der Waals surface area contributed by atoms with Crippen LogP contribution in [-0.2, 0) is 20.8 Å². The molecule has 9 heteroatoms. The van der Waals surface area contributed by atoms with Gasteiger partial charge in [-0.05, 0) is 54.8 Å². The zero-order valence-electron chi connectivity index (χ0n) is 19.7. The zero-order chi connectivity index (χ0) is 26.1. The van der Waals surface area contributed by atoms with Crippen LogP contribution in [0.3, 0.4) is 0 Å². The summed E-state index contributed by atoms with van der Waals surface area (Å²) in [6, 6.07) is 13.2. The van der Waals surface area contributed by atoms with Gasteiger partial charge >= 0.3 is 0 Å². The monoisotopic (exact) mass is 493 g/mol. The Hall–Kier alpha value is -4.11. The number of halogens is 2. The first-order chi connectivity index (χ1) is 17.1. The summed E-state index contributed by atoms with van der Waals surface area (Å²) in [5, 5.41) is 12.8. The minimum absolute atomic E-state index is 0.0508. The first kappa shape index (κ1) is 25.0. The van der Waals surface area contributed by atoms with Gasteiger partial charge in [0.2, 0.25) is 11.8 Å². The first-order valence-corrected chi connectivity index (χ1v) is 11.4. The van der Waals surface area contributed by atoms with Gasteiger partial charge in [-0.2, -0.15) is 0 Å². The molecule has 0 fully saturated rings. The van der Waals surface area contributed by atoms with Crippen molar-refractivity contribution in [2.24, 2.45) is 0 Å². The Kier molecular flexibility index (Phi) is 6.85. The molecule has 1 unspecified atom stereocenters. The number of carbonyl (C=O) groups is 3. The number of rotatable bonds is 5. The molecule has 3 aromatic carbocycles. The third-order valence-corrected chi connectivity index (χ3v) is 6.18. The van der Waals surface area contributed by atoms with Crippen LogP contribution in [0.4, 0.5) is 20.2 Å². The van der Waals surface area contributed by atoms with Gasteiger partial charge in [0.05, 0.1) is 24.1 Å². The van der Waals surface area contributed by atoms with E-state index >= 15 is 0 Å². The molecule has 0 saturated carbocycles. The molecule has 36 heavy (non-hydrogen) atoms. The van der Waals surface area contributed by atoms with Gasteiger partial charge < -0.3 is 16.2 Å². The van der Waals surface area contributed by atoms with E-state index < -0.39 is 53.8 Å². The summed E-state index contributed by atoms with van der Waals surface area (Å²) in [5.74, 6) is -4.59. The number of amides is 3. The Morgan fingerprint density at radius 1 is 1.08 bits per heavy atom. The highest BCUT2D eigenvalue weighted by molar-refractivity contribution is 6.22. The van der Waals surface area contributed by atoms with Crippen LogP contribution in [0.2, 0.25) is 0 Å². The summed E-state index contributed by atoms with van der Waals surface area (Å²) in [7, 11) is 0. The molecule has 0 saturated heterocycles. The van der Waals surface area contributed by atoms with Gasteiger partial charge in [0, 0.05) is 17.3 Å². The number of hydrogen-bond donors (Lipinski definition) is 3. The summed E-state index contributed by atoms with van der Waals surface area (Å²) < 4.78 is 27.0. The second-order valence-electron chi connectivity index (χ2n) is 8.80. The van der Waals surface area contributed by atoms with E-state index in [0.29, 0.717) is 28.4 Å². The van der Waals surface area contributed by atoms with Crippen LogP contribution in [-0.4, -0.2) is 35.0 Å². The molecule has 7 nitrogen and oxygen atoms in total. The predicted molar refractivity (Wildman–Crippen MR) is 131 cm³/mol. The lowest BCUT2D eigenvalue weighted by Gasteiger charge is -2.29. The number of anilines is 2. The number of benzene rings is 3. The molecule has 0 aliphatic carbocycles. The molecule has 4 rings (SSSR count). The van der Waals surface area contributed by atoms with Crippen molar-refractivity contribution in [2.75, 3.05) is 10.6 Å². The first-order valence-electron chi connectivity index (χ1n) is 11.4. The van der Waals surface area contributed by atoms with Crippen molar-refractivity contribution in [1.29, 1.82) is 0 Å². The quantitative estimate of drug-likeness (QED) is 0.472. The SMILES string of the molecule is CC1C(=O)N(C(=O)[C@@H](NC(=O)Cc2cc(F)cc(F)c2)[C@@H](C)O)c2cccc(N)c2-c2ccccc21. The van der Waals surface area contributed by atoms with E-state index in [-0.39, 0.29) is 11.3 Å². The van der Waals surface area contributed by atoms with E-state index in [1.807, 2.05) is 6.07 Å². The number of nitrogens with two attached hydrogens (primary N) is 1. The van der Waals surface area contributed by atoms with Crippen LogP contribution in [0.15, 0.2) is 60.7 Å². The fourth-order valence-corrected chi connectivity index (χ4v) is 4.46. The second kappa shape index (κ2) is 9.87. The molecule has 0 bridgehead atoms. The van der Waals surface area contributed by atoms with E-state index in [2.05, 4.69) is 5.32 Å². The van der Waals surface area contributed by atoms with Gasteiger partial charge in [-0.3, -0.25) is 14.4 Å². The van der Waals surface area contributed by atoms with Crippen molar-refractivity contribution in [3.8, 4) is 11.1 Å². The summed E-state index contributed by atoms with van der Waals surface area (Å²) in [5.41, 5.74) is 8.78. The maximum atomic E-state index is 13.7. The average Bonchev–Trinajstić information content (AvgIpc) is 2.90. The van der Waals surface area contributed by atoms with Crippen LogP contribution in [0, 0.1) is 11.6 Å². The van der Waals surface area contributed by atoms with E-state index in [1.54, 1.807) is 43.3 Å². The van der Waals surface area contributed by atoms with Gasteiger partial charge in [-0.25, -0.2) is 13.7 Å². The molecule has 1 aliphatic rings. The lowest BCUT2D eigenvalue weighted by atomic mass is 9.92. The Morgan fingerprint density at radius 3 is 2.42 bits per heavy atom. The molecule has 0 spiro atoms. The van der Waals surface area contributed by atoms with Crippen molar-refractivity contribution in [2.45, 2.75) is 38.3 Å². The summed E-state index contributed by atoms with van der Waals surface area (Å²) in [6.45, 7) is 2.96. The van der Waals surface area contributed by atoms with Gasteiger partial charge in [0.25, 0.3) is 5.91 Å². The smallest absolute Gasteiger partial charge is 0.259 e. The van der Waals surface area contributed by atoms with Crippen LogP contribution in [0.25, 0.3) is 11.1 Å². The van der Waals surface area contributed by atoms with Gasteiger partial charge in [0.1, 0.15) is 17.7 Å². The maximum absolute atomic E-state index is 13.7. The Balaban J connectivity index is 1.71. The largest absolute Gasteiger partial charge is 0.398 e. The molecule has 3 atom stereocenters. The van der Waals surface area contributed by atoms with Crippen molar-refractivity contribution < 1.29 is 28.3 Å². The average molecular weight is 494 g/mol. The number of aliphatic hydroxyl groups excluding tert-OH is 1. The number of hydrogen-bond acceptors (Lipinski definition) is 5. The predicted octanol–water partition coefficient (Wildman–Crippen LogP) is 3.30.